The molecule has 142 valence electrons. The molecule has 2 saturated heterocycles. The Morgan fingerprint density at radius 1 is 0.792 bits per heavy atom. The van der Waals surface area contributed by atoms with Gasteiger partial charge in [-0.2, -0.15) is 0 Å². The van der Waals surface area contributed by atoms with Crippen molar-refractivity contribution in [3.63, 3.8) is 0 Å². The molecule has 2 fully saturated rings. The van der Waals surface area contributed by atoms with Crippen molar-refractivity contribution in [2.24, 2.45) is 0 Å². The van der Waals surface area contributed by atoms with Crippen LogP contribution in [0.2, 0.25) is 0 Å². The van der Waals surface area contributed by atoms with Gasteiger partial charge in [0.1, 0.15) is 48.2 Å². The number of thioether (sulfide) groups is 1. The minimum Gasteiger partial charge on any atom is -0.394 e. The highest BCUT2D eigenvalue weighted by Crippen LogP contribution is 2.31. The molecule has 0 aromatic rings. The smallest absolute Gasteiger partial charge is 0.186 e. The lowest BCUT2D eigenvalue weighted by Gasteiger charge is -2.42. The van der Waals surface area contributed by atoms with Gasteiger partial charge in [-0.15, -0.1) is 11.8 Å². The molecule has 0 unspecified atom stereocenters. The first-order chi connectivity index (χ1) is 11.3. The Bertz CT molecular complexity index is 361. The van der Waals surface area contributed by atoms with Crippen LogP contribution in [-0.2, 0) is 14.2 Å². The molecular weight excluding hydrogens is 348 g/mol. The summed E-state index contributed by atoms with van der Waals surface area (Å²) in [5.41, 5.74) is -0.985. The molecule has 2 rings (SSSR count). The molecule has 0 bridgehead atoms. The third kappa shape index (κ3) is 4.02. The fraction of sp³-hybridized carbons (Fsp3) is 1.00. The van der Waals surface area contributed by atoms with E-state index >= 15 is 0 Å². The molecule has 0 radical (unpaired) electrons. The minimum atomic E-state index is -1.50. The Kier molecular flexibility index (Phi) is 7.22. The molecule has 7 N–H and O–H groups in total. The van der Waals surface area contributed by atoms with Crippen molar-refractivity contribution in [3.05, 3.63) is 0 Å². The van der Waals surface area contributed by atoms with Crippen LogP contribution in [-0.4, -0.2) is 116 Å². The van der Waals surface area contributed by atoms with E-state index in [9.17, 15) is 30.6 Å². The van der Waals surface area contributed by atoms with Gasteiger partial charge in [-0.1, -0.05) is 0 Å². The molecule has 0 saturated carbocycles. The average molecular weight is 372 g/mol. The molecule has 0 amide bonds. The van der Waals surface area contributed by atoms with Crippen LogP contribution in [0.5, 0.6) is 0 Å². The average Bonchev–Trinajstić information content (AvgIpc) is 2.58. The Labute approximate surface area is 142 Å². The minimum absolute atomic E-state index is 0.0352. The van der Waals surface area contributed by atoms with Crippen LogP contribution in [0.15, 0.2) is 0 Å². The van der Waals surface area contributed by atoms with Crippen molar-refractivity contribution >= 4 is 11.8 Å². The second kappa shape index (κ2) is 8.56. The van der Waals surface area contributed by atoms with E-state index in [4.69, 9.17) is 19.3 Å². The largest absolute Gasteiger partial charge is 0.394 e. The van der Waals surface area contributed by atoms with Crippen molar-refractivity contribution in [2.75, 3.05) is 19.5 Å². The van der Waals surface area contributed by atoms with Gasteiger partial charge in [-0.05, 0) is 0 Å². The number of aliphatic hydroxyl groups is 7. The summed E-state index contributed by atoms with van der Waals surface area (Å²) in [7, 11) is 1.28. The molecule has 2 aliphatic heterocycles. The lowest BCUT2D eigenvalue weighted by molar-refractivity contribution is -0.285. The fourth-order valence-corrected chi connectivity index (χ4v) is 3.88. The Morgan fingerprint density at radius 3 is 1.96 bits per heavy atom. The lowest BCUT2D eigenvalue weighted by Crippen LogP contribution is -2.60. The maximum atomic E-state index is 9.97. The molecule has 10 nitrogen and oxygen atoms in total. The lowest BCUT2D eigenvalue weighted by atomic mass is 10.00. The van der Waals surface area contributed by atoms with E-state index in [1.54, 1.807) is 0 Å². The predicted molar refractivity (Wildman–Crippen MR) is 79.9 cm³/mol. The summed E-state index contributed by atoms with van der Waals surface area (Å²) >= 11 is 0.969. The van der Waals surface area contributed by atoms with Gasteiger partial charge in [0.25, 0.3) is 0 Å². The molecule has 0 aromatic carbocycles. The molecule has 0 spiro atoms. The summed E-state index contributed by atoms with van der Waals surface area (Å²) < 4.78 is 15.6. The molecule has 0 aliphatic carbocycles. The number of hydrogen-bond donors (Lipinski definition) is 7. The zero-order chi connectivity index (χ0) is 18.0. The van der Waals surface area contributed by atoms with E-state index in [0.29, 0.717) is 0 Å². The van der Waals surface area contributed by atoms with Crippen molar-refractivity contribution in [1.82, 2.24) is 0 Å². The summed E-state index contributed by atoms with van der Waals surface area (Å²) in [6.45, 7) is -0.540. The predicted octanol–water partition coefficient (Wildman–Crippen LogP) is -4.03. The number of hydrogen-bond acceptors (Lipinski definition) is 11. The third-order valence-electron chi connectivity index (χ3n) is 4.17. The van der Waals surface area contributed by atoms with Crippen molar-refractivity contribution < 1.29 is 50.0 Å². The zero-order valence-electron chi connectivity index (χ0n) is 13.0. The van der Waals surface area contributed by atoms with Gasteiger partial charge in [0, 0.05) is 12.9 Å². The summed E-state index contributed by atoms with van der Waals surface area (Å²) in [5.74, 6) is 0.0352. The van der Waals surface area contributed by atoms with Gasteiger partial charge in [0.2, 0.25) is 0 Å². The molecular formula is C13H24O10S. The highest BCUT2D eigenvalue weighted by atomic mass is 32.2. The molecule has 2 heterocycles. The number of methoxy groups -OCH3 is 1. The van der Waals surface area contributed by atoms with Gasteiger partial charge in [-0.3, -0.25) is 0 Å². The van der Waals surface area contributed by atoms with Crippen LogP contribution in [0.1, 0.15) is 0 Å². The topological polar surface area (TPSA) is 169 Å². The Hall–Kier alpha value is -0.0500. The van der Waals surface area contributed by atoms with Crippen LogP contribution in [0.4, 0.5) is 0 Å². The quantitative estimate of drug-likeness (QED) is 0.251. The van der Waals surface area contributed by atoms with Crippen LogP contribution in [0.25, 0.3) is 0 Å². The Balaban J connectivity index is 1.96. The molecule has 10 atom stereocenters. The highest BCUT2D eigenvalue weighted by molar-refractivity contribution is 7.99. The van der Waals surface area contributed by atoms with Gasteiger partial charge >= 0.3 is 0 Å². The van der Waals surface area contributed by atoms with Gasteiger partial charge in [0.15, 0.2) is 6.29 Å². The van der Waals surface area contributed by atoms with E-state index in [1.165, 1.54) is 7.11 Å². The zero-order valence-corrected chi connectivity index (χ0v) is 13.8. The first-order valence-corrected chi connectivity index (χ1v) is 8.51. The molecule has 0 aromatic heterocycles. The van der Waals surface area contributed by atoms with E-state index in [2.05, 4.69) is 0 Å². The molecule has 2 aliphatic rings. The van der Waals surface area contributed by atoms with E-state index in [1.807, 2.05) is 0 Å². The maximum absolute atomic E-state index is 9.97. The summed E-state index contributed by atoms with van der Waals surface area (Å²) in [4.78, 5) is 0. The summed E-state index contributed by atoms with van der Waals surface area (Å²) in [6, 6.07) is 0. The number of ether oxygens (including phenoxy) is 3. The second-order valence-electron chi connectivity index (χ2n) is 5.78. The van der Waals surface area contributed by atoms with Gasteiger partial charge < -0.3 is 50.0 Å². The first kappa shape index (κ1) is 20.3. The SMILES string of the molecule is CO[C@H]1O[C@H](CS[C@@H]2O[C@H](CO)[C@@H](O)[C@H](O)[C@@H]2O)[C@@H](O)[C@H](O)[C@H]1O. The fourth-order valence-electron chi connectivity index (χ4n) is 2.64. The van der Waals surface area contributed by atoms with E-state index in [-0.39, 0.29) is 5.75 Å². The standard InChI is InChI=1S/C13H24O10S/c1-21-12-10(19)8(17)7(16)5(22-12)3-24-13-11(20)9(18)6(15)4(2-14)23-13/h4-20H,2-3H2,1H3/t4-,5-,6-,7-,8+,9+,10-,11+,12+,13+/m1/s1. The third-order valence-corrected chi connectivity index (χ3v) is 5.41. The number of aliphatic hydroxyl groups excluding tert-OH is 7. The van der Waals surface area contributed by atoms with E-state index in [0.717, 1.165) is 11.8 Å². The second-order valence-corrected chi connectivity index (χ2v) is 6.91. The van der Waals surface area contributed by atoms with Crippen molar-refractivity contribution in [3.8, 4) is 0 Å². The van der Waals surface area contributed by atoms with Crippen LogP contribution in [0, 0.1) is 0 Å². The van der Waals surface area contributed by atoms with Crippen LogP contribution >= 0.6 is 11.8 Å². The first-order valence-electron chi connectivity index (χ1n) is 7.46. The van der Waals surface area contributed by atoms with Crippen LogP contribution < -0.4 is 0 Å². The van der Waals surface area contributed by atoms with E-state index < -0.39 is 67.2 Å². The van der Waals surface area contributed by atoms with Gasteiger partial charge in [0.05, 0.1) is 12.7 Å². The number of rotatable bonds is 5. The monoisotopic (exact) mass is 372 g/mol. The summed E-state index contributed by atoms with van der Waals surface area (Å²) in [6.07, 6.45) is -11.7. The maximum Gasteiger partial charge on any atom is 0.186 e. The van der Waals surface area contributed by atoms with Crippen LogP contribution in [0.3, 0.4) is 0 Å². The molecule has 24 heavy (non-hydrogen) atoms. The van der Waals surface area contributed by atoms with Gasteiger partial charge in [-0.25, -0.2) is 0 Å². The van der Waals surface area contributed by atoms with Crippen molar-refractivity contribution in [1.29, 1.82) is 0 Å². The normalized spacial score (nSPS) is 50.0. The molecule has 11 heteroatoms. The van der Waals surface area contributed by atoms with Crippen molar-refractivity contribution in [2.45, 2.75) is 60.6 Å². The Morgan fingerprint density at radius 2 is 1.38 bits per heavy atom. The summed E-state index contributed by atoms with van der Waals surface area (Å²) in [5, 5.41) is 68.0. The highest BCUT2D eigenvalue weighted by Gasteiger charge is 2.46.